The predicted octanol–water partition coefficient (Wildman–Crippen LogP) is 16.8. The van der Waals surface area contributed by atoms with Gasteiger partial charge in [-0.3, -0.25) is 0 Å². The standard InChI is InChI=1S/C64H88N8/c1-25-65-49-33(9)34(10)50(65)52-36(12)38(14)54(67(52)27-3)56-40(16)42(18)58(69(56)29-5)60-44(20)46(22)62(71(60)31-7)64-48(24)47(23)63(72(64)32-8)61-45(21)43(19)59(70(61)30-6)57-41(17)39(15)55(68(57)28-4)53-37(13)35(11)51(49)66(53)26-2/h25-32H2,1-24H3. The Morgan fingerprint density at radius 2 is 0.194 bits per heavy atom. The number of rotatable bonds is 8. The summed E-state index contributed by atoms with van der Waals surface area (Å²) in [6.45, 7) is 64.2. The van der Waals surface area contributed by atoms with Gasteiger partial charge in [0.15, 0.2) is 0 Å². The van der Waals surface area contributed by atoms with E-state index in [4.69, 9.17) is 0 Å². The highest BCUT2D eigenvalue weighted by Crippen LogP contribution is 2.52. The summed E-state index contributed by atoms with van der Waals surface area (Å²) in [6.07, 6.45) is 0. The van der Waals surface area contributed by atoms with Gasteiger partial charge in [0.2, 0.25) is 0 Å². The first-order valence-electron chi connectivity index (χ1n) is 27.8. The fourth-order valence-corrected chi connectivity index (χ4v) is 14.4. The van der Waals surface area contributed by atoms with Crippen molar-refractivity contribution in [2.24, 2.45) is 0 Å². The van der Waals surface area contributed by atoms with Crippen molar-refractivity contribution in [3.8, 4) is 91.1 Å². The Kier molecular flexibility index (Phi) is 12.8. The van der Waals surface area contributed by atoms with Crippen molar-refractivity contribution in [3.05, 3.63) is 89.0 Å². The summed E-state index contributed by atoms with van der Waals surface area (Å²) in [6, 6.07) is 0. The van der Waals surface area contributed by atoms with E-state index in [0.717, 1.165) is 52.4 Å². The molecule has 16 bridgehead atoms. The molecule has 0 unspecified atom stereocenters. The molecule has 9 rings (SSSR count). The molecule has 0 spiro atoms. The minimum atomic E-state index is 0.872. The van der Waals surface area contributed by atoms with Crippen molar-refractivity contribution < 1.29 is 0 Å². The largest absolute Gasteiger partial charge is 0.338 e. The molecule has 0 saturated carbocycles. The van der Waals surface area contributed by atoms with Gasteiger partial charge in [-0.1, -0.05) is 0 Å². The molecular formula is C64H88N8. The normalized spacial score (nSPS) is 12.3. The second kappa shape index (κ2) is 18.0. The van der Waals surface area contributed by atoms with E-state index in [1.165, 1.54) is 180 Å². The Morgan fingerprint density at radius 1 is 0.139 bits per heavy atom. The van der Waals surface area contributed by atoms with Gasteiger partial charge in [0.25, 0.3) is 0 Å². The van der Waals surface area contributed by atoms with Gasteiger partial charge in [-0.15, -0.1) is 0 Å². The first kappa shape index (κ1) is 51.2. The van der Waals surface area contributed by atoms with E-state index < -0.39 is 0 Å². The number of aromatic nitrogens is 8. The van der Waals surface area contributed by atoms with Gasteiger partial charge in [0.1, 0.15) is 0 Å². The van der Waals surface area contributed by atoms with Crippen LogP contribution in [0.1, 0.15) is 144 Å². The quantitative estimate of drug-likeness (QED) is 0.146. The molecule has 0 aromatic carbocycles. The van der Waals surface area contributed by atoms with Crippen LogP contribution in [-0.4, -0.2) is 36.5 Å². The summed E-state index contributed by atoms with van der Waals surface area (Å²) in [5.41, 5.74) is 43.7. The van der Waals surface area contributed by atoms with Crippen molar-refractivity contribution in [1.29, 1.82) is 0 Å². The van der Waals surface area contributed by atoms with Gasteiger partial charge in [0, 0.05) is 52.4 Å². The average molecular weight is 969 g/mol. The van der Waals surface area contributed by atoms with Crippen molar-refractivity contribution in [1.82, 2.24) is 36.5 Å². The van der Waals surface area contributed by atoms with Gasteiger partial charge in [-0.05, 0) is 255 Å². The molecule has 0 aliphatic carbocycles. The zero-order valence-electron chi connectivity index (χ0n) is 49.2. The monoisotopic (exact) mass is 969 g/mol. The van der Waals surface area contributed by atoms with E-state index in [1.807, 2.05) is 0 Å². The summed E-state index contributed by atoms with van der Waals surface area (Å²) in [7, 11) is 0. The third-order valence-electron chi connectivity index (χ3n) is 18.8. The Morgan fingerprint density at radius 3 is 0.236 bits per heavy atom. The Labute approximate surface area is 433 Å². The lowest BCUT2D eigenvalue weighted by Gasteiger charge is -2.21. The molecule has 9 heterocycles. The Balaban J connectivity index is 1.54. The number of hydrogen-bond donors (Lipinski definition) is 0. The van der Waals surface area contributed by atoms with Crippen LogP contribution < -0.4 is 0 Å². The van der Waals surface area contributed by atoms with E-state index in [-0.39, 0.29) is 0 Å². The summed E-state index contributed by atoms with van der Waals surface area (Å²) in [5, 5.41) is 0. The van der Waals surface area contributed by atoms with Crippen molar-refractivity contribution in [2.45, 2.75) is 219 Å². The van der Waals surface area contributed by atoms with Crippen LogP contribution in [-0.2, 0) is 52.4 Å². The predicted molar refractivity (Wildman–Crippen MR) is 309 cm³/mol. The average Bonchev–Trinajstić information content (AvgIpc) is 4.18. The second-order valence-electron chi connectivity index (χ2n) is 21.5. The van der Waals surface area contributed by atoms with Crippen LogP contribution in [0.25, 0.3) is 91.1 Å². The van der Waals surface area contributed by atoms with E-state index in [0.29, 0.717) is 0 Å². The third-order valence-corrected chi connectivity index (χ3v) is 18.8. The summed E-state index contributed by atoms with van der Waals surface area (Å²) in [5.74, 6) is 0. The van der Waals surface area contributed by atoms with Gasteiger partial charge in [0.05, 0.1) is 91.1 Å². The smallest absolute Gasteiger partial charge is 0.0688 e. The molecule has 8 nitrogen and oxygen atoms in total. The molecule has 8 heteroatoms. The molecule has 384 valence electrons. The molecule has 8 aromatic rings. The second-order valence-corrected chi connectivity index (χ2v) is 21.5. The number of nitrogens with zero attached hydrogens (tertiary/aromatic N) is 8. The van der Waals surface area contributed by atoms with E-state index >= 15 is 0 Å². The SMILES string of the molecule is CCn1c2c(C)c(C)c1-c1c(C)c(C)c(n1CC)-c1c(C)c(C)c(n1CC)-c1c(C)c(C)c(n1CC)-c1c(C)c(C)c(n1CC)-c1c(C)c(C)c(n1CC)-c1c(C)c(C)c(n1CC)-c1c(C)c(C)c-2n1CC. The first-order valence-corrected chi connectivity index (χ1v) is 27.8. The van der Waals surface area contributed by atoms with Crippen LogP contribution in [0.4, 0.5) is 0 Å². The minimum Gasteiger partial charge on any atom is -0.338 e. The first-order chi connectivity index (χ1) is 34.2. The van der Waals surface area contributed by atoms with Gasteiger partial charge in [-0.2, -0.15) is 0 Å². The summed E-state index contributed by atoms with van der Waals surface area (Å²) < 4.78 is 21.5. The number of fused-ring (bicyclic) bond motifs is 24. The highest BCUT2D eigenvalue weighted by atomic mass is 15.2. The molecule has 8 aromatic heterocycles. The fourth-order valence-electron chi connectivity index (χ4n) is 14.4. The maximum atomic E-state index is 2.69. The van der Waals surface area contributed by atoms with E-state index in [2.05, 4.69) is 203 Å². The molecule has 0 saturated heterocycles. The zero-order chi connectivity index (χ0) is 52.8. The lowest BCUT2D eigenvalue weighted by atomic mass is 10.0. The minimum absolute atomic E-state index is 0.872. The molecule has 0 N–H and O–H groups in total. The van der Waals surface area contributed by atoms with Crippen LogP contribution in [0, 0.1) is 111 Å². The van der Waals surface area contributed by atoms with Crippen LogP contribution in [0.2, 0.25) is 0 Å². The topological polar surface area (TPSA) is 39.4 Å². The fraction of sp³-hybridized carbons (Fsp3) is 0.500. The Hall–Kier alpha value is -5.76. The van der Waals surface area contributed by atoms with Crippen LogP contribution in [0.3, 0.4) is 0 Å². The molecular weight excluding hydrogens is 881 g/mol. The highest BCUT2D eigenvalue weighted by molar-refractivity contribution is 5.89. The molecule has 0 atom stereocenters. The molecule has 0 amide bonds. The van der Waals surface area contributed by atoms with Crippen molar-refractivity contribution in [3.63, 3.8) is 0 Å². The maximum absolute atomic E-state index is 2.69. The number of hydrogen-bond acceptors (Lipinski definition) is 0. The van der Waals surface area contributed by atoms with Crippen LogP contribution in [0.5, 0.6) is 0 Å². The van der Waals surface area contributed by atoms with Crippen molar-refractivity contribution in [2.75, 3.05) is 0 Å². The van der Waals surface area contributed by atoms with Crippen LogP contribution in [0.15, 0.2) is 0 Å². The van der Waals surface area contributed by atoms with E-state index in [9.17, 15) is 0 Å². The molecule has 0 radical (unpaired) electrons. The van der Waals surface area contributed by atoms with Gasteiger partial charge < -0.3 is 36.5 Å². The molecule has 0 fully saturated rings. The van der Waals surface area contributed by atoms with Crippen LogP contribution >= 0.6 is 0 Å². The van der Waals surface area contributed by atoms with Crippen molar-refractivity contribution >= 4 is 0 Å². The molecule has 1 aliphatic rings. The zero-order valence-corrected chi connectivity index (χ0v) is 49.2. The maximum Gasteiger partial charge on any atom is 0.0688 e. The summed E-state index contributed by atoms with van der Waals surface area (Å²) in [4.78, 5) is 0. The lowest BCUT2D eigenvalue weighted by molar-refractivity contribution is 0.710. The van der Waals surface area contributed by atoms with E-state index in [1.54, 1.807) is 0 Å². The molecule has 1 aliphatic heterocycles. The lowest BCUT2D eigenvalue weighted by Crippen LogP contribution is -2.12. The third kappa shape index (κ3) is 6.28. The summed E-state index contributed by atoms with van der Waals surface area (Å²) >= 11 is 0. The van der Waals surface area contributed by atoms with Gasteiger partial charge >= 0.3 is 0 Å². The Bertz CT molecular complexity index is 2640. The highest BCUT2D eigenvalue weighted by Gasteiger charge is 2.37. The molecule has 72 heavy (non-hydrogen) atoms. The van der Waals surface area contributed by atoms with Gasteiger partial charge in [-0.25, -0.2) is 0 Å².